The predicted molar refractivity (Wildman–Crippen MR) is 104 cm³/mol. The van der Waals surface area contributed by atoms with Gasteiger partial charge in [0, 0.05) is 24.8 Å². The molecule has 0 saturated carbocycles. The summed E-state index contributed by atoms with van der Waals surface area (Å²) < 4.78 is 3.58. The Labute approximate surface area is 154 Å². The zero-order chi connectivity index (χ0) is 18.2. The molecular formula is C21H15N5O. The number of hydrogen-bond acceptors (Lipinski definition) is 4. The molecule has 0 unspecified atom stereocenters. The van der Waals surface area contributed by atoms with Gasteiger partial charge in [0.15, 0.2) is 5.52 Å². The molecule has 27 heavy (non-hydrogen) atoms. The Bertz CT molecular complexity index is 1320. The molecule has 0 fully saturated rings. The summed E-state index contributed by atoms with van der Waals surface area (Å²) in [4.78, 5) is 25.3. The first-order chi connectivity index (χ1) is 13.3. The van der Waals surface area contributed by atoms with Crippen LogP contribution in [0.15, 0.2) is 84.4 Å². The van der Waals surface area contributed by atoms with Crippen molar-refractivity contribution in [2.24, 2.45) is 0 Å². The lowest BCUT2D eigenvalue weighted by atomic mass is 10.1. The largest absolute Gasteiger partial charge is 0.306 e. The summed E-state index contributed by atoms with van der Waals surface area (Å²) in [6, 6.07) is 15.8. The van der Waals surface area contributed by atoms with Gasteiger partial charge >= 0.3 is 0 Å². The highest BCUT2D eigenvalue weighted by atomic mass is 16.1. The normalized spacial score (nSPS) is 11.3. The Kier molecular flexibility index (Phi) is 3.53. The van der Waals surface area contributed by atoms with Gasteiger partial charge in [-0.2, -0.15) is 0 Å². The first-order valence-corrected chi connectivity index (χ1v) is 8.60. The number of aromatic nitrogens is 5. The van der Waals surface area contributed by atoms with Crippen molar-refractivity contribution in [3.05, 3.63) is 95.6 Å². The van der Waals surface area contributed by atoms with E-state index >= 15 is 0 Å². The molecule has 0 spiro atoms. The zero-order valence-electron chi connectivity index (χ0n) is 14.4. The highest BCUT2D eigenvalue weighted by Crippen LogP contribution is 2.20. The minimum Gasteiger partial charge on any atom is -0.306 e. The molecule has 6 heteroatoms. The molecular weight excluding hydrogens is 338 g/mol. The fourth-order valence-electron chi connectivity index (χ4n) is 3.19. The van der Waals surface area contributed by atoms with Crippen molar-refractivity contribution in [3.8, 4) is 11.1 Å². The molecule has 0 amide bonds. The summed E-state index contributed by atoms with van der Waals surface area (Å²) in [6.07, 6.45) is 8.96. The second kappa shape index (κ2) is 6.17. The molecule has 1 aromatic carbocycles. The molecule has 0 aliphatic carbocycles. The van der Waals surface area contributed by atoms with E-state index in [0.29, 0.717) is 17.6 Å². The third-order valence-electron chi connectivity index (χ3n) is 4.61. The third kappa shape index (κ3) is 2.77. The number of rotatable bonds is 3. The van der Waals surface area contributed by atoms with Gasteiger partial charge in [0.1, 0.15) is 5.65 Å². The molecule has 0 radical (unpaired) electrons. The van der Waals surface area contributed by atoms with Crippen molar-refractivity contribution in [1.82, 2.24) is 23.9 Å². The lowest BCUT2D eigenvalue weighted by Crippen LogP contribution is -2.21. The van der Waals surface area contributed by atoms with Crippen LogP contribution in [0.1, 0.15) is 5.56 Å². The van der Waals surface area contributed by atoms with Crippen molar-refractivity contribution < 1.29 is 0 Å². The lowest BCUT2D eigenvalue weighted by Gasteiger charge is -2.08. The van der Waals surface area contributed by atoms with Crippen molar-refractivity contribution in [2.75, 3.05) is 0 Å². The average molecular weight is 353 g/mol. The van der Waals surface area contributed by atoms with Gasteiger partial charge in [-0.25, -0.2) is 15.0 Å². The number of fused-ring (bicyclic) bond motifs is 2. The number of nitrogens with zero attached hydrogens (tertiary/aromatic N) is 5. The SMILES string of the molecule is O=c1c2ncccc2ncn1Cc1ccc(-c2ccc3nccn3c2)cc1. The Morgan fingerprint density at radius 3 is 2.59 bits per heavy atom. The van der Waals surface area contributed by atoms with Gasteiger partial charge in [0.2, 0.25) is 0 Å². The van der Waals surface area contributed by atoms with Crippen LogP contribution >= 0.6 is 0 Å². The highest BCUT2D eigenvalue weighted by molar-refractivity contribution is 5.72. The van der Waals surface area contributed by atoms with Crippen LogP contribution in [0.5, 0.6) is 0 Å². The first-order valence-electron chi connectivity index (χ1n) is 8.60. The standard InChI is InChI=1S/C21H15N5O/c27-21-20-18(2-1-9-23-20)24-14-26(21)12-15-3-5-16(6-4-15)17-7-8-19-22-10-11-25(19)13-17/h1-11,13-14H,12H2. The van der Waals surface area contributed by atoms with Crippen LogP contribution in [-0.2, 0) is 6.54 Å². The number of hydrogen-bond donors (Lipinski definition) is 0. The molecule has 0 bridgehead atoms. The smallest absolute Gasteiger partial charge is 0.280 e. The average Bonchev–Trinajstić information content (AvgIpc) is 3.19. The summed E-state index contributed by atoms with van der Waals surface area (Å²) in [6.45, 7) is 0.458. The number of pyridine rings is 2. The van der Waals surface area contributed by atoms with Gasteiger partial charge in [-0.15, -0.1) is 0 Å². The minimum atomic E-state index is -0.129. The molecule has 4 heterocycles. The van der Waals surface area contributed by atoms with Crippen LogP contribution in [0.25, 0.3) is 27.8 Å². The summed E-state index contributed by atoms with van der Waals surface area (Å²) >= 11 is 0. The van der Waals surface area contributed by atoms with Crippen LogP contribution in [0, 0.1) is 0 Å². The van der Waals surface area contributed by atoms with Gasteiger partial charge in [0.05, 0.1) is 18.4 Å². The summed E-state index contributed by atoms with van der Waals surface area (Å²) in [5, 5.41) is 0. The summed E-state index contributed by atoms with van der Waals surface area (Å²) in [7, 11) is 0. The Morgan fingerprint density at radius 1 is 0.852 bits per heavy atom. The van der Waals surface area contributed by atoms with E-state index in [0.717, 1.165) is 22.3 Å². The van der Waals surface area contributed by atoms with Gasteiger partial charge in [-0.05, 0) is 41.0 Å². The van der Waals surface area contributed by atoms with Gasteiger partial charge in [0.25, 0.3) is 5.56 Å². The molecule has 6 nitrogen and oxygen atoms in total. The maximum absolute atomic E-state index is 12.6. The minimum absolute atomic E-state index is 0.129. The molecule has 0 atom stereocenters. The van der Waals surface area contributed by atoms with E-state index in [1.54, 1.807) is 35.4 Å². The van der Waals surface area contributed by atoms with Crippen LogP contribution < -0.4 is 5.56 Å². The van der Waals surface area contributed by atoms with Crippen molar-refractivity contribution >= 4 is 16.7 Å². The fraction of sp³-hybridized carbons (Fsp3) is 0.0476. The Hall–Kier alpha value is -3.80. The van der Waals surface area contributed by atoms with Crippen LogP contribution in [0.2, 0.25) is 0 Å². The van der Waals surface area contributed by atoms with E-state index in [2.05, 4.69) is 39.3 Å². The van der Waals surface area contributed by atoms with E-state index in [-0.39, 0.29) is 5.56 Å². The van der Waals surface area contributed by atoms with E-state index in [9.17, 15) is 4.79 Å². The quantitative estimate of drug-likeness (QED) is 0.500. The molecule has 0 N–H and O–H groups in total. The Balaban J connectivity index is 1.45. The zero-order valence-corrected chi connectivity index (χ0v) is 14.4. The van der Waals surface area contributed by atoms with E-state index in [1.165, 1.54) is 0 Å². The van der Waals surface area contributed by atoms with E-state index in [1.807, 2.05) is 28.8 Å². The molecule has 4 aromatic heterocycles. The fourth-order valence-corrected chi connectivity index (χ4v) is 3.19. The molecule has 0 saturated heterocycles. The topological polar surface area (TPSA) is 65.1 Å². The maximum atomic E-state index is 12.6. The predicted octanol–water partition coefficient (Wildman–Crippen LogP) is 3.15. The second-order valence-electron chi connectivity index (χ2n) is 6.36. The first kappa shape index (κ1) is 15.5. The van der Waals surface area contributed by atoms with Gasteiger partial charge < -0.3 is 4.40 Å². The molecule has 5 rings (SSSR count). The highest BCUT2D eigenvalue weighted by Gasteiger charge is 2.06. The van der Waals surface area contributed by atoms with Crippen molar-refractivity contribution in [1.29, 1.82) is 0 Å². The summed E-state index contributed by atoms with van der Waals surface area (Å²) in [5.41, 5.74) is 5.05. The Morgan fingerprint density at radius 2 is 1.70 bits per heavy atom. The lowest BCUT2D eigenvalue weighted by molar-refractivity contribution is 0.746. The third-order valence-corrected chi connectivity index (χ3v) is 4.61. The summed E-state index contributed by atoms with van der Waals surface area (Å²) in [5.74, 6) is 0. The van der Waals surface area contributed by atoms with E-state index < -0.39 is 0 Å². The molecule has 130 valence electrons. The molecule has 0 aliphatic rings. The number of benzene rings is 1. The van der Waals surface area contributed by atoms with Gasteiger partial charge in [-0.1, -0.05) is 24.3 Å². The molecule has 0 aliphatic heterocycles. The maximum Gasteiger partial charge on any atom is 0.280 e. The van der Waals surface area contributed by atoms with Crippen LogP contribution in [0.3, 0.4) is 0 Å². The number of imidazole rings is 1. The van der Waals surface area contributed by atoms with Crippen LogP contribution in [-0.4, -0.2) is 23.9 Å². The monoisotopic (exact) mass is 353 g/mol. The van der Waals surface area contributed by atoms with Crippen molar-refractivity contribution in [2.45, 2.75) is 6.54 Å². The van der Waals surface area contributed by atoms with Crippen LogP contribution in [0.4, 0.5) is 0 Å². The van der Waals surface area contributed by atoms with Crippen molar-refractivity contribution in [3.63, 3.8) is 0 Å². The molecule has 5 aromatic rings. The van der Waals surface area contributed by atoms with Gasteiger partial charge in [-0.3, -0.25) is 9.36 Å². The van der Waals surface area contributed by atoms with E-state index in [4.69, 9.17) is 0 Å². The second-order valence-corrected chi connectivity index (χ2v) is 6.36.